The van der Waals surface area contributed by atoms with E-state index < -0.39 is 30.4 Å². The number of carbonyl (C=O) groups excluding carboxylic acids is 3. The summed E-state index contributed by atoms with van der Waals surface area (Å²) in [6.45, 7) is 5.13. The first-order valence-corrected chi connectivity index (χ1v) is 10.6. The first kappa shape index (κ1) is 25.0. The van der Waals surface area contributed by atoms with Crippen molar-refractivity contribution in [3.63, 3.8) is 0 Å². The van der Waals surface area contributed by atoms with E-state index in [1.165, 1.54) is 31.4 Å². The number of benzene rings is 2. The second-order valence-corrected chi connectivity index (χ2v) is 7.27. The van der Waals surface area contributed by atoms with Gasteiger partial charge in [0.15, 0.2) is 18.1 Å². The zero-order chi connectivity index (χ0) is 25.5. The van der Waals surface area contributed by atoms with Gasteiger partial charge in [-0.3, -0.25) is 14.9 Å². The van der Waals surface area contributed by atoms with Crippen LogP contribution < -0.4 is 24.4 Å². The minimum atomic E-state index is -1.16. The van der Waals surface area contributed by atoms with Crippen molar-refractivity contribution in [1.29, 1.82) is 0 Å². The number of aliphatic carboxylic acids is 1. The topological polar surface area (TPSA) is 131 Å². The molecule has 0 bridgehead atoms. The first-order chi connectivity index (χ1) is 16.8. The molecular weight excluding hydrogens is 456 g/mol. The number of nitrogens with zero attached hydrogens (tertiary/aromatic N) is 1. The average Bonchev–Trinajstić information content (AvgIpc) is 2.82. The number of ether oxygens (including phenoxy) is 3. The van der Waals surface area contributed by atoms with Gasteiger partial charge in [0.25, 0.3) is 11.8 Å². The van der Waals surface area contributed by atoms with Gasteiger partial charge in [0.05, 0.1) is 19.4 Å². The highest BCUT2D eigenvalue weighted by molar-refractivity contribution is 6.39. The van der Waals surface area contributed by atoms with Crippen LogP contribution in [0.25, 0.3) is 6.08 Å². The van der Waals surface area contributed by atoms with E-state index in [4.69, 9.17) is 19.3 Å². The first-order valence-electron chi connectivity index (χ1n) is 10.6. The molecule has 0 aromatic heterocycles. The molecule has 1 heterocycles. The molecule has 1 saturated heterocycles. The molecule has 2 aromatic carbocycles. The quantitative estimate of drug-likeness (QED) is 0.301. The van der Waals surface area contributed by atoms with Crippen LogP contribution in [0.5, 0.6) is 17.2 Å². The normalized spacial score (nSPS) is 14.5. The Morgan fingerprint density at radius 3 is 2.46 bits per heavy atom. The fraction of sp³-hybridized carbons (Fsp3) is 0.200. The van der Waals surface area contributed by atoms with Crippen LogP contribution in [0.4, 0.5) is 10.5 Å². The Labute approximate surface area is 201 Å². The Kier molecular flexibility index (Phi) is 7.88. The van der Waals surface area contributed by atoms with Crippen molar-refractivity contribution >= 4 is 35.6 Å². The van der Waals surface area contributed by atoms with Gasteiger partial charge in [-0.1, -0.05) is 6.08 Å². The lowest BCUT2D eigenvalue weighted by atomic mass is 10.0. The number of nitrogens with one attached hydrogen (secondary N) is 1. The molecule has 0 radical (unpaired) electrons. The molecule has 2 aromatic rings. The van der Waals surface area contributed by atoms with E-state index in [0.29, 0.717) is 23.3 Å². The molecule has 2 N–H and O–H groups in total. The van der Waals surface area contributed by atoms with Crippen molar-refractivity contribution in [3.05, 3.63) is 65.8 Å². The van der Waals surface area contributed by atoms with Gasteiger partial charge in [-0.05, 0) is 61.4 Å². The van der Waals surface area contributed by atoms with E-state index in [1.807, 2.05) is 0 Å². The van der Waals surface area contributed by atoms with Crippen LogP contribution in [0.2, 0.25) is 0 Å². The second-order valence-electron chi connectivity index (χ2n) is 7.27. The van der Waals surface area contributed by atoms with E-state index in [9.17, 15) is 19.2 Å². The average molecular weight is 480 g/mol. The molecule has 0 unspecified atom stereocenters. The maximum Gasteiger partial charge on any atom is 0.341 e. The third kappa shape index (κ3) is 5.67. The molecule has 3 rings (SSSR count). The number of methoxy groups -OCH3 is 1. The van der Waals surface area contributed by atoms with Crippen molar-refractivity contribution in [2.75, 3.05) is 25.2 Å². The van der Waals surface area contributed by atoms with Crippen LogP contribution in [-0.2, 0) is 20.8 Å². The number of hydrogen-bond acceptors (Lipinski definition) is 7. The number of rotatable bonds is 10. The number of barbiturate groups is 1. The van der Waals surface area contributed by atoms with Gasteiger partial charge in [0.2, 0.25) is 0 Å². The molecule has 1 aliphatic rings. The van der Waals surface area contributed by atoms with Crippen LogP contribution in [0.1, 0.15) is 18.1 Å². The molecule has 1 fully saturated rings. The number of carboxylic acid groups (broad SMARTS) is 1. The second kappa shape index (κ2) is 11.0. The summed E-state index contributed by atoms with van der Waals surface area (Å²) < 4.78 is 16.2. The lowest BCUT2D eigenvalue weighted by Crippen LogP contribution is -2.54. The van der Waals surface area contributed by atoms with Gasteiger partial charge in [-0.2, -0.15) is 0 Å². The highest BCUT2D eigenvalue weighted by atomic mass is 16.5. The summed E-state index contributed by atoms with van der Waals surface area (Å²) in [5.41, 5.74) is 0.944. The van der Waals surface area contributed by atoms with Crippen LogP contribution in [0, 0.1) is 0 Å². The highest BCUT2D eigenvalue weighted by Gasteiger charge is 2.37. The van der Waals surface area contributed by atoms with Crippen LogP contribution >= 0.6 is 0 Å². The smallest absolute Gasteiger partial charge is 0.341 e. The lowest BCUT2D eigenvalue weighted by molar-refractivity contribution is -0.139. The number of amides is 4. The van der Waals surface area contributed by atoms with E-state index in [0.717, 1.165) is 4.90 Å². The standard InChI is InChI=1S/C25H24N2O8/c1-4-6-16-11-15(13-20(34-5-2)22(16)35-14-21(28)29)12-19-23(30)26-25(32)27(24(19)31)17-7-9-18(33-3)10-8-17/h4,7-13H,1,5-6,14H2,2-3H3,(H,28,29)(H,26,30,32)/b19-12+. The molecule has 182 valence electrons. The molecule has 1 aliphatic heterocycles. The summed E-state index contributed by atoms with van der Waals surface area (Å²) in [6.07, 6.45) is 3.23. The number of anilines is 1. The highest BCUT2D eigenvalue weighted by Crippen LogP contribution is 2.35. The summed E-state index contributed by atoms with van der Waals surface area (Å²) in [5, 5.41) is 11.2. The van der Waals surface area contributed by atoms with E-state index in [1.54, 1.807) is 31.2 Å². The molecule has 10 heteroatoms. The minimum Gasteiger partial charge on any atom is -0.497 e. The molecule has 35 heavy (non-hydrogen) atoms. The van der Waals surface area contributed by atoms with Crippen LogP contribution in [-0.4, -0.2) is 49.2 Å². The Bertz CT molecular complexity index is 1200. The summed E-state index contributed by atoms with van der Waals surface area (Å²) in [7, 11) is 1.49. The van der Waals surface area contributed by atoms with Crippen LogP contribution in [0.15, 0.2) is 54.6 Å². The molecule has 0 spiro atoms. The maximum atomic E-state index is 13.2. The van der Waals surface area contributed by atoms with Gasteiger partial charge in [-0.15, -0.1) is 6.58 Å². The number of carbonyl (C=O) groups is 4. The van der Waals surface area contributed by atoms with Gasteiger partial charge in [0.1, 0.15) is 11.3 Å². The predicted octanol–water partition coefficient (Wildman–Crippen LogP) is 2.95. The van der Waals surface area contributed by atoms with Gasteiger partial charge in [0, 0.05) is 5.56 Å². The zero-order valence-corrected chi connectivity index (χ0v) is 19.2. The molecule has 0 aliphatic carbocycles. The summed E-state index contributed by atoms with van der Waals surface area (Å²) in [6, 6.07) is 8.49. The fourth-order valence-electron chi connectivity index (χ4n) is 3.42. The number of imide groups is 2. The maximum absolute atomic E-state index is 13.2. The number of carboxylic acids is 1. The third-order valence-corrected chi connectivity index (χ3v) is 4.90. The summed E-state index contributed by atoms with van der Waals surface area (Å²) in [4.78, 5) is 50.0. The largest absolute Gasteiger partial charge is 0.497 e. The van der Waals surface area contributed by atoms with E-state index >= 15 is 0 Å². The predicted molar refractivity (Wildman–Crippen MR) is 127 cm³/mol. The van der Waals surface area contributed by atoms with Crippen molar-refractivity contribution in [2.24, 2.45) is 0 Å². The van der Waals surface area contributed by atoms with Crippen LogP contribution in [0.3, 0.4) is 0 Å². The molecule has 4 amide bonds. The number of urea groups is 1. The van der Waals surface area contributed by atoms with Gasteiger partial charge < -0.3 is 19.3 Å². The summed E-state index contributed by atoms with van der Waals surface area (Å²) >= 11 is 0. The van der Waals surface area contributed by atoms with Crippen molar-refractivity contribution in [2.45, 2.75) is 13.3 Å². The van der Waals surface area contributed by atoms with E-state index in [2.05, 4.69) is 11.9 Å². The van der Waals surface area contributed by atoms with Gasteiger partial charge in [-0.25, -0.2) is 14.5 Å². The minimum absolute atomic E-state index is 0.228. The monoisotopic (exact) mass is 480 g/mol. The van der Waals surface area contributed by atoms with Gasteiger partial charge >= 0.3 is 12.0 Å². The lowest BCUT2D eigenvalue weighted by Gasteiger charge is -2.26. The summed E-state index contributed by atoms with van der Waals surface area (Å²) in [5.74, 6) is -1.81. The molecule has 0 atom stereocenters. The molecule has 10 nitrogen and oxygen atoms in total. The number of hydrogen-bond donors (Lipinski definition) is 2. The Hall–Kier alpha value is -4.60. The van der Waals surface area contributed by atoms with Crippen molar-refractivity contribution < 1.29 is 38.5 Å². The molecule has 0 saturated carbocycles. The Morgan fingerprint density at radius 2 is 1.86 bits per heavy atom. The molecular formula is C25H24N2O8. The SMILES string of the molecule is C=CCc1cc(/C=C2\C(=O)NC(=O)N(c3ccc(OC)cc3)C2=O)cc(OCC)c1OCC(=O)O. The Morgan fingerprint density at radius 1 is 1.14 bits per heavy atom. The zero-order valence-electron chi connectivity index (χ0n) is 19.2. The Balaban J connectivity index is 2.05. The van der Waals surface area contributed by atoms with Crippen molar-refractivity contribution in [1.82, 2.24) is 5.32 Å². The third-order valence-electron chi connectivity index (χ3n) is 4.90. The number of allylic oxidation sites excluding steroid dienone is 1. The van der Waals surface area contributed by atoms with Crippen molar-refractivity contribution in [3.8, 4) is 17.2 Å². The van der Waals surface area contributed by atoms with E-state index in [-0.39, 0.29) is 29.4 Å². The fourth-order valence-corrected chi connectivity index (χ4v) is 3.42.